The molecule has 0 aromatic carbocycles. The maximum absolute atomic E-state index is 12.1. The minimum Gasteiger partial charge on any atom is -0.359 e. The molecule has 1 aliphatic rings. The number of aliphatic imine (C=N–C) groups is 1. The van der Waals surface area contributed by atoms with E-state index in [0.717, 1.165) is 43.7 Å². The van der Waals surface area contributed by atoms with Crippen LogP contribution in [0.1, 0.15) is 83.1 Å². The Balaban J connectivity index is 1.83. The molecule has 0 bridgehead atoms. The molecule has 7 heteroatoms. The Hall–Kier alpha value is -2.05. The normalized spacial score (nSPS) is 15.8. The summed E-state index contributed by atoms with van der Waals surface area (Å²) in [5, 5.41) is 13.6. The van der Waals surface area contributed by atoms with Gasteiger partial charge in [-0.1, -0.05) is 38.3 Å². The van der Waals surface area contributed by atoms with Crippen LogP contribution < -0.4 is 16.0 Å². The fourth-order valence-corrected chi connectivity index (χ4v) is 3.50. The molecule has 0 saturated heterocycles. The summed E-state index contributed by atoms with van der Waals surface area (Å²) in [4.78, 5) is 16.5. The second-order valence-electron chi connectivity index (χ2n) is 7.18. The van der Waals surface area contributed by atoms with E-state index in [0.29, 0.717) is 24.5 Å². The van der Waals surface area contributed by atoms with E-state index in [1.807, 2.05) is 13.0 Å². The van der Waals surface area contributed by atoms with Crippen molar-refractivity contribution >= 4 is 11.9 Å². The largest absolute Gasteiger partial charge is 0.359 e. The third kappa shape index (κ3) is 7.23. The molecule has 152 valence electrons. The number of guanidine groups is 1. The SMILES string of the molecule is CCNC(=NCC(=O)NC1CCCCC1)NCc1cc(C(CC)CC)no1. The van der Waals surface area contributed by atoms with E-state index in [1.54, 1.807) is 0 Å². The summed E-state index contributed by atoms with van der Waals surface area (Å²) in [7, 11) is 0. The molecule has 1 aromatic rings. The van der Waals surface area contributed by atoms with E-state index < -0.39 is 0 Å². The average molecular weight is 378 g/mol. The van der Waals surface area contributed by atoms with Crippen LogP contribution in [0.2, 0.25) is 0 Å². The van der Waals surface area contributed by atoms with Gasteiger partial charge in [0, 0.05) is 24.6 Å². The van der Waals surface area contributed by atoms with E-state index in [9.17, 15) is 4.79 Å². The highest BCUT2D eigenvalue weighted by molar-refractivity contribution is 5.84. The number of hydrogen-bond donors (Lipinski definition) is 3. The molecular weight excluding hydrogens is 342 g/mol. The van der Waals surface area contributed by atoms with Gasteiger partial charge in [-0.05, 0) is 32.6 Å². The summed E-state index contributed by atoms with van der Waals surface area (Å²) in [5.74, 6) is 1.80. The molecule has 27 heavy (non-hydrogen) atoms. The van der Waals surface area contributed by atoms with Crippen molar-refractivity contribution in [2.24, 2.45) is 4.99 Å². The van der Waals surface area contributed by atoms with Gasteiger partial charge in [0.25, 0.3) is 0 Å². The fourth-order valence-electron chi connectivity index (χ4n) is 3.50. The molecule has 1 fully saturated rings. The first-order valence-corrected chi connectivity index (χ1v) is 10.4. The molecule has 3 N–H and O–H groups in total. The van der Waals surface area contributed by atoms with Crippen LogP contribution >= 0.6 is 0 Å². The van der Waals surface area contributed by atoms with Crippen LogP contribution in [0.25, 0.3) is 0 Å². The molecule has 0 aliphatic heterocycles. The van der Waals surface area contributed by atoms with Crippen molar-refractivity contribution in [3.8, 4) is 0 Å². The number of carbonyl (C=O) groups excluding carboxylic acids is 1. The molecular formula is C20H35N5O2. The zero-order valence-corrected chi connectivity index (χ0v) is 17.0. The first-order valence-electron chi connectivity index (χ1n) is 10.4. The van der Waals surface area contributed by atoms with Gasteiger partial charge in [-0.3, -0.25) is 4.79 Å². The first-order chi connectivity index (χ1) is 13.2. The van der Waals surface area contributed by atoms with Crippen molar-refractivity contribution in [3.05, 3.63) is 17.5 Å². The minimum absolute atomic E-state index is 0.0187. The van der Waals surface area contributed by atoms with E-state index in [4.69, 9.17) is 4.52 Å². The molecule has 0 radical (unpaired) electrons. The van der Waals surface area contributed by atoms with Gasteiger partial charge in [0.15, 0.2) is 11.7 Å². The number of nitrogens with one attached hydrogen (secondary N) is 3. The molecule has 0 atom stereocenters. The number of nitrogens with zero attached hydrogens (tertiary/aromatic N) is 2. The zero-order chi connectivity index (χ0) is 19.5. The lowest BCUT2D eigenvalue weighted by Crippen LogP contribution is -2.40. The number of amides is 1. The van der Waals surface area contributed by atoms with Crippen LogP contribution in [0.3, 0.4) is 0 Å². The number of carbonyl (C=O) groups is 1. The van der Waals surface area contributed by atoms with Crippen molar-refractivity contribution < 1.29 is 9.32 Å². The minimum atomic E-state index is -0.0187. The van der Waals surface area contributed by atoms with E-state index in [1.165, 1.54) is 19.3 Å². The lowest BCUT2D eigenvalue weighted by atomic mass is 9.95. The van der Waals surface area contributed by atoms with E-state index >= 15 is 0 Å². The highest BCUT2D eigenvalue weighted by Crippen LogP contribution is 2.22. The Morgan fingerprint density at radius 2 is 1.96 bits per heavy atom. The molecule has 1 saturated carbocycles. The average Bonchev–Trinajstić information content (AvgIpc) is 3.14. The highest BCUT2D eigenvalue weighted by Gasteiger charge is 2.16. The third-order valence-corrected chi connectivity index (χ3v) is 5.11. The molecule has 2 rings (SSSR count). The number of rotatable bonds is 9. The van der Waals surface area contributed by atoms with Crippen LogP contribution in [0.4, 0.5) is 0 Å². The van der Waals surface area contributed by atoms with Gasteiger partial charge in [0.1, 0.15) is 6.54 Å². The number of hydrogen-bond acceptors (Lipinski definition) is 4. The van der Waals surface area contributed by atoms with Crippen molar-refractivity contribution in [3.63, 3.8) is 0 Å². The van der Waals surface area contributed by atoms with Gasteiger partial charge in [-0.15, -0.1) is 0 Å². The standard InChI is InChI=1S/C20H35N5O2/c1-4-15(5-2)18-12-17(27-25-18)13-22-20(21-6-3)23-14-19(26)24-16-10-8-7-9-11-16/h12,15-16H,4-11,13-14H2,1-3H3,(H,24,26)(H2,21,22,23). The molecule has 1 amide bonds. The molecule has 1 aromatic heterocycles. The Bertz CT molecular complexity index is 589. The van der Waals surface area contributed by atoms with Crippen molar-refractivity contribution in [2.75, 3.05) is 13.1 Å². The van der Waals surface area contributed by atoms with Crippen LogP contribution in [0, 0.1) is 0 Å². The van der Waals surface area contributed by atoms with Gasteiger partial charge in [-0.2, -0.15) is 0 Å². The van der Waals surface area contributed by atoms with Crippen LogP contribution in [0.15, 0.2) is 15.6 Å². The fraction of sp³-hybridized carbons (Fsp3) is 0.750. The van der Waals surface area contributed by atoms with Gasteiger partial charge < -0.3 is 20.5 Å². The Morgan fingerprint density at radius 3 is 2.63 bits per heavy atom. The van der Waals surface area contributed by atoms with Crippen LogP contribution in [0.5, 0.6) is 0 Å². The smallest absolute Gasteiger partial charge is 0.242 e. The Kier molecular flexibility index (Phi) is 9.15. The number of aromatic nitrogens is 1. The molecule has 7 nitrogen and oxygen atoms in total. The van der Waals surface area contributed by atoms with Crippen LogP contribution in [-0.2, 0) is 11.3 Å². The second kappa shape index (κ2) is 11.6. The van der Waals surface area contributed by atoms with E-state index in [-0.39, 0.29) is 12.5 Å². The Morgan fingerprint density at radius 1 is 1.22 bits per heavy atom. The summed E-state index contributed by atoms with van der Waals surface area (Å²) in [6.07, 6.45) is 7.95. The summed E-state index contributed by atoms with van der Waals surface area (Å²) >= 11 is 0. The molecule has 1 heterocycles. The zero-order valence-electron chi connectivity index (χ0n) is 17.0. The predicted octanol–water partition coefficient (Wildman–Crippen LogP) is 3.08. The Labute approximate surface area is 162 Å². The van der Waals surface area contributed by atoms with Crippen molar-refractivity contribution in [2.45, 2.75) is 84.2 Å². The second-order valence-corrected chi connectivity index (χ2v) is 7.18. The third-order valence-electron chi connectivity index (χ3n) is 5.11. The topological polar surface area (TPSA) is 91.5 Å². The molecule has 0 spiro atoms. The van der Waals surface area contributed by atoms with Crippen molar-refractivity contribution in [1.82, 2.24) is 21.1 Å². The van der Waals surface area contributed by atoms with E-state index in [2.05, 4.69) is 39.9 Å². The monoisotopic (exact) mass is 377 g/mol. The summed E-state index contributed by atoms with van der Waals surface area (Å²) in [5.41, 5.74) is 1.01. The predicted molar refractivity (Wildman–Crippen MR) is 108 cm³/mol. The van der Waals surface area contributed by atoms with Gasteiger partial charge in [0.2, 0.25) is 5.91 Å². The van der Waals surface area contributed by atoms with Crippen LogP contribution in [-0.4, -0.2) is 36.2 Å². The summed E-state index contributed by atoms with van der Waals surface area (Å²) in [6, 6.07) is 2.32. The summed E-state index contributed by atoms with van der Waals surface area (Å²) in [6.45, 7) is 7.67. The molecule has 0 unspecified atom stereocenters. The highest BCUT2D eigenvalue weighted by atomic mass is 16.5. The first kappa shape index (κ1) is 21.3. The maximum atomic E-state index is 12.1. The maximum Gasteiger partial charge on any atom is 0.242 e. The lowest BCUT2D eigenvalue weighted by molar-refractivity contribution is -0.120. The van der Waals surface area contributed by atoms with Gasteiger partial charge >= 0.3 is 0 Å². The molecule has 1 aliphatic carbocycles. The lowest BCUT2D eigenvalue weighted by Gasteiger charge is -2.22. The van der Waals surface area contributed by atoms with Crippen molar-refractivity contribution in [1.29, 1.82) is 0 Å². The summed E-state index contributed by atoms with van der Waals surface area (Å²) < 4.78 is 5.43. The van der Waals surface area contributed by atoms with Gasteiger partial charge in [0.05, 0.1) is 12.2 Å². The quantitative estimate of drug-likeness (QED) is 0.454. The van der Waals surface area contributed by atoms with Gasteiger partial charge in [-0.25, -0.2) is 4.99 Å².